The van der Waals surface area contributed by atoms with E-state index in [1.54, 1.807) is 11.3 Å². The second kappa shape index (κ2) is 5.02. The number of carbonyl (C=O) groups is 1. The van der Waals surface area contributed by atoms with Crippen LogP contribution in [-0.2, 0) is 11.2 Å². The van der Waals surface area contributed by atoms with E-state index in [0.717, 1.165) is 38.5 Å². The second-order valence-electron chi connectivity index (χ2n) is 5.45. The highest BCUT2D eigenvalue weighted by atomic mass is 32.1. The standard InChI is InChI=1S/C14H20N2OS/c15-11-4-2-5-12(11)16-14(17)10-3-1-6-13-9(10)7-8-18-13/h7-8,10-12H,1-6,15H2,(H,16,17). The molecule has 3 unspecified atom stereocenters. The van der Waals surface area contributed by atoms with Gasteiger partial charge in [0.25, 0.3) is 0 Å². The summed E-state index contributed by atoms with van der Waals surface area (Å²) in [5.41, 5.74) is 7.28. The summed E-state index contributed by atoms with van der Waals surface area (Å²) in [4.78, 5) is 13.8. The van der Waals surface area contributed by atoms with E-state index >= 15 is 0 Å². The highest BCUT2D eigenvalue weighted by molar-refractivity contribution is 7.10. The number of hydrogen-bond acceptors (Lipinski definition) is 3. The predicted octanol–water partition coefficient (Wildman–Crippen LogP) is 2.16. The van der Waals surface area contributed by atoms with E-state index in [4.69, 9.17) is 5.73 Å². The highest BCUT2D eigenvalue weighted by Gasteiger charge is 2.31. The Morgan fingerprint density at radius 1 is 1.33 bits per heavy atom. The Morgan fingerprint density at radius 2 is 2.22 bits per heavy atom. The summed E-state index contributed by atoms with van der Waals surface area (Å²) in [6, 6.07) is 2.47. The molecule has 0 aromatic carbocycles. The maximum absolute atomic E-state index is 12.4. The summed E-state index contributed by atoms with van der Waals surface area (Å²) in [7, 11) is 0. The molecular formula is C14H20N2OS. The lowest BCUT2D eigenvalue weighted by atomic mass is 9.87. The normalized spacial score (nSPS) is 31.1. The van der Waals surface area contributed by atoms with Gasteiger partial charge in [-0.2, -0.15) is 0 Å². The van der Waals surface area contributed by atoms with Crippen LogP contribution in [-0.4, -0.2) is 18.0 Å². The number of aryl methyl sites for hydroxylation is 1. The largest absolute Gasteiger partial charge is 0.351 e. The average Bonchev–Trinajstić information content (AvgIpc) is 2.98. The number of hydrogen-bond donors (Lipinski definition) is 2. The van der Waals surface area contributed by atoms with Crippen LogP contribution in [0, 0.1) is 0 Å². The summed E-state index contributed by atoms with van der Waals surface area (Å²) in [5.74, 6) is 0.254. The molecule has 3 nitrogen and oxygen atoms in total. The summed E-state index contributed by atoms with van der Waals surface area (Å²) >= 11 is 1.79. The number of thiophene rings is 1. The Balaban J connectivity index is 1.70. The van der Waals surface area contributed by atoms with Gasteiger partial charge < -0.3 is 11.1 Å². The third kappa shape index (κ3) is 2.19. The Morgan fingerprint density at radius 3 is 3.00 bits per heavy atom. The molecule has 0 spiro atoms. The zero-order valence-corrected chi connectivity index (χ0v) is 11.3. The molecule has 1 amide bonds. The van der Waals surface area contributed by atoms with Crippen molar-refractivity contribution in [1.82, 2.24) is 5.32 Å². The molecule has 1 aromatic rings. The number of fused-ring (bicyclic) bond motifs is 1. The molecule has 18 heavy (non-hydrogen) atoms. The van der Waals surface area contributed by atoms with Gasteiger partial charge in [0.15, 0.2) is 0 Å². The third-order valence-electron chi connectivity index (χ3n) is 4.27. The van der Waals surface area contributed by atoms with E-state index in [-0.39, 0.29) is 23.9 Å². The number of rotatable bonds is 2. The zero-order chi connectivity index (χ0) is 12.5. The fourth-order valence-electron chi connectivity index (χ4n) is 3.21. The minimum Gasteiger partial charge on any atom is -0.351 e. The second-order valence-corrected chi connectivity index (χ2v) is 6.45. The van der Waals surface area contributed by atoms with Gasteiger partial charge in [0.05, 0.1) is 5.92 Å². The van der Waals surface area contributed by atoms with Crippen molar-refractivity contribution in [2.45, 2.75) is 56.5 Å². The first kappa shape index (κ1) is 12.2. The summed E-state index contributed by atoms with van der Waals surface area (Å²) in [5, 5.41) is 5.28. The van der Waals surface area contributed by atoms with Crippen molar-refractivity contribution in [3.05, 3.63) is 21.9 Å². The van der Waals surface area contributed by atoms with Crippen molar-refractivity contribution in [2.24, 2.45) is 5.73 Å². The summed E-state index contributed by atoms with van der Waals surface area (Å²) in [6.45, 7) is 0. The first-order valence-corrected chi connectivity index (χ1v) is 7.76. The molecule has 4 heteroatoms. The number of nitrogens with two attached hydrogens (primary N) is 1. The summed E-state index contributed by atoms with van der Waals surface area (Å²) in [6.07, 6.45) is 6.47. The molecule has 3 rings (SSSR count). The van der Waals surface area contributed by atoms with Crippen molar-refractivity contribution < 1.29 is 4.79 Å². The molecule has 1 fully saturated rings. The highest BCUT2D eigenvalue weighted by Crippen LogP contribution is 2.35. The third-order valence-corrected chi connectivity index (χ3v) is 5.26. The van der Waals surface area contributed by atoms with Crippen LogP contribution < -0.4 is 11.1 Å². The van der Waals surface area contributed by atoms with Gasteiger partial charge in [0.2, 0.25) is 5.91 Å². The van der Waals surface area contributed by atoms with Crippen molar-refractivity contribution in [2.75, 3.05) is 0 Å². The van der Waals surface area contributed by atoms with Crippen LogP contribution in [0.15, 0.2) is 11.4 Å². The molecule has 0 saturated heterocycles. The smallest absolute Gasteiger partial charge is 0.227 e. The topological polar surface area (TPSA) is 55.1 Å². The van der Waals surface area contributed by atoms with Crippen molar-refractivity contribution in [3.63, 3.8) is 0 Å². The van der Waals surface area contributed by atoms with Crippen molar-refractivity contribution in [3.8, 4) is 0 Å². The van der Waals surface area contributed by atoms with Crippen LogP contribution in [0.3, 0.4) is 0 Å². The van der Waals surface area contributed by atoms with Gasteiger partial charge in [-0.05, 0) is 55.5 Å². The molecule has 0 aliphatic heterocycles. The van der Waals surface area contributed by atoms with E-state index in [0.29, 0.717) is 0 Å². The van der Waals surface area contributed by atoms with Gasteiger partial charge in [-0.25, -0.2) is 0 Å². The molecular weight excluding hydrogens is 244 g/mol. The fraction of sp³-hybridized carbons (Fsp3) is 0.643. The number of nitrogens with one attached hydrogen (secondary N) is 1. The fourth-order valence-corrected chi connectivity index (χ4v) is 4.20. The maximum Gasteiger partial charge on any atom is 0.227 e. The van der Waals surface area contributed by atoms with E-state index in [1.165, 1.54) is 10.4 Å². The molecule has 1 aromatic heterocycles. The van der Waals surface area contributed by atoms with Crippen LogP contribution >= 0.6 is 11.3 Å². The van der Waals surface area contributed by atoms with Crippen LogP contribution in [0.5, 0.6) is 0 Å². The van der Waals surface area contributed by atoms with Gasteiger partial charge in [-0.1, -0.05) is 0 Å². The van der Waals surface area contributed by atoms with Crippen LogP contribution in [0.1, 0.15) is 48.5 Å². The van der Waals surface area contributed by atoms with Crippen molar-refractivity contribution >= 4 is 17.2 Å². The lowest BCUT2D eigenvalue weighted by molar-refractivity contribution is -0.123. The molecule has 3 atom stereocenters. The predicted molar refractivity (Wildman–Crippen MR) is 73.8 cm³/mol. The lowest BCUT2D eigenvalue weighted by Crippen LogP contribution is -2.46. The van der Waals surface area contributed by atoms with Gasteiger partial charge in [0, 0.05) is 17.0 Å². The Bertz CT molecular complexity index is 443. The average molecular weight is 264 g/mol. The molecule has 2 aliphatic rings. The lowest BCUT2D eigenvalue weighted by Gasteiger charge is -2.25. The molecule has 0 bridgehead atoms. The van der Waals surface area contributed by atoms with Gasteiger partial charge in [0.1, 0.15) is 0 Å². The molecule has 2 aliphatic carbocycles. The first-order valence-electron chi connectivity index (χ1n) is 6.88. The Hall–Kier alpha value is -0.870. The van der Waals surface area contributed by atoms with Crippen LogP contribution in [0.4, 0.5) is 0 Å². The Kier molecular flexibility index (Phi) is 3.39. The number of amides is 1. The van der Waals surface area contributed by atoms with Crippen LogP contribution in [0.2, 0.25) is 0 Å². The SMILES string of the molecule is NC1CCCC1NC(=O)C1CCCc2sccc21. The molecule has 1 saturated carbocycles. The van der Waals surface area contributed by atoms with Crippen molar-refractivity contribution in [1.29, 1.82) is 0 Å². The number of carbonyl (C=O) groups excluding carboxylic acids is 1. The summed E-state index contributed by atoms with van der Waals surface area (Å²) < 4.78 is 0. The van der Waals surface area contributed by atoms with Gasteiger partial charge >= 0.3 is 0 Å². The van der Waals surface area contributed by atoms with Crippen LogP contribution in [0.25, 0.3) is 0 Å². The van der Waals surface area contributed by atoms with Gasteiger partial charge in [-0.3, -0.25) is 4.79 Å². The molecule has 1 heterocycles. The van der Waals surface area contributed by atoms with E-state index in [9.17, 15) is 4.79 Å². The Labute approximate surface area is 112 Å². The molecule has 3 N–H and O–H groups in total. The first-order chi connectivity index (χ1) is 8.75. The minimum absolute atomic E-state index is 0.0628. The van der Waals surface area contributed by atoms with Gasteiger partial charge in [-0.15, -0.1) is 11.3 Å². The molecule has 98 valence electrons. The zero-order valence-electron chi connectivity index (χ0n) is 10.5. The maximum atomic E-state index is 12.4. The van der Waals surface area contributed by atoms with E-state index in [1.807, 2.05) is 0 Å². The molecule has 0 radical (unpaired) electrons. The quantitative estimate of drug-likeness (QED) is 0.860. The van der Waals surface area contributed by atoms with E-state index < -0.39 is 0 Å². The van der Waals surface area contributed by atoms with E-state index in [2.05, 4.69) is 16.8 Å². The monoisotopic (exact) mass is 264 g/mol. The minimum atomic E-state index is 0.0628.